The molecule has 0 saturated carbocycles. The van der Waals surface area contributed by atoms with Crippen LogP contribution in [-0.2, 0) is 63.6 Å². The van der Waals surface area contributed by atoms with Gasteiger partial charge in [0.05, 0.1) is 44.5 Å². The van der Waals surface area contributed by atoms with Gasteiger partial charge in [-0.1, -0.05) is 48.5 Å². The molecule has 87 heavy (non-hydrogen) atoms. The minimum Gasteiger partial charge on any atom is -0.194 e. The average Bonchev–Trinajstić information content (AvgIpc) is 0.722. The fourth-order valence-electron chi connectivity index (χ4n) is 8.99. The Kier molecular flexibility index (Phi) is 21.4. The molecule has 0 saturated heterocycles. The maximum Gasteiger partial charge on any atom is 0.416 e. The molecule has 0 unspecified atom stereocenters. The van der Waals surface area contributed by atoms with Gasteiger partial charge in [-0.25, -0.2) is 0 Å². The van der Waals surface area contributed by atoms with Gasteiger partial charge in [0, 0.05) is 7.11 Å². The molecule has 0 aliphatic heterocycles. The summed E-state index contributed by atoms with van der Waals surface area (Å²) in [6.45, 7) is 3.36. The predicted molar refractivity (Wildman–Crippen MR) is 273 cm³/mol. The summed E-state index contributed by atoms with van der Waals surface area (Å²) in [5.41, 5.74) is -30.2. The molecule has 7 aromatic rings. The quantitative estimate of drug-likeness (QED) is 0.0517. The maximum atomic E-state index is 14.2. The summed E-state index contributed by atoms with van der Waals surface area (Å²) < 4.78 is 367. The zero-order valence-corrected chi connectivity index (χ0v) is 45.7. The van der Waals surface area contributed by atoms with Gasteiger partial charge in [0.15, 0.2) is 0 Å². The Hall–Kier alpha value is -6.88. The third-order valence-electron chi connectivity index (χ3n) is 12.8. The van der Waals surface area contributed by atoms with Gasteiger partial charge >= 0.3 is 226 Å². The number of alkyl halides is 24. The monoisotopic (exact) mass is 1340 g/mol. The van der Waals surface area contributed by atoms with E-state index in [2.05, 4.69) is 78.9 Å². The topological polar surface area (TPSA) is 36.9 Å². The van der Waals surface area contributed by atoms with Gasteiger partial charge in [0.25, 0.3) is 0 Å². The Morgan fingerprint density at radius 2 is 0.540 bits per heavy atom. The van der Waals surface area contributed by atoms with Crippen LogP contribution in [0.1, 0.15) is 44.5 Å². The molecule has 0 spiro atoms. The minimum absolute atomic E-state index is 0.511. The number of para-hydroxylation sites is 1. The second-order valence-electron chi connectivity index (χ2n) is 18.7. The van der Waals surface area contributed by atoms with Crippen LogP contribution in [0.2, 0.25) is 0 Å². The number of methoxy groups -OCH3 is 1. The van der Waals surface area contributed by atoms with Crippen LogP contribution in [0.25, 0.3) is 0 Å². The molecule has 0 N–H and O–H groups in total. The molecule has 0 heterocycles. The first kappa shape index (κ1) is 69.2. The summed E-state index contributed by atoms with van der Waals surface area (Å²) in [7, 11) is 1.66. The van der Waals surface area contributed by atoms with Gasteiger partial charge in [-0.15, -0.1) is 0 Å². The van der Waals surface area contributed by atoms with E-state index in [1.54, 1.807) is 7.11 Å². The van der Waals surface area contributed by atoms with E-state index in [0.717, 1.165) is 5.75 Å². The molecule has 0 amide bonds. The van der Waals surface area contributed by atoms with Crippen LogP contribution in [0, 0.1) is 0 Å². The second-order valence-corrected chi connectivity index (χ2v) is 22.9. The van der Waals surface area contributed by atoms with E-state index in [-0.39, 0.29) is 0 Å². The second kappa shape index (κ2) is 26.8. The molecule has 0 fully saturated rings. The van der Waals surface area contributed by atoms with Gasteiger partial charge in [-0.2, -0.15) is 127 Å². The van der Waals surface area contributed by atoms with E-state index in [4.69, 9.17) is 18.9 Å². The third kappa shape index (κ3) is 17.7. The van der Waals surface area contributed by atoms with Crippen molar-refractivity contribution in [3.05, 3.63) is 202 Å². The number of ether oxygens (including phenoxy) is 4. The van der Waals surface area contributed by atoms with E-state index in [1.807, 2.05) is 6.07 Å². The summed E-state index contributed by atoms with van der Waals surface area (Å²) in [6.07, 6.45) is -54.8. The van der Waals surface area contributed by atoms with Crippen LogP contribution in [-0.4, -0.2) is 66.8 Å². The molecule has 4 nitrogen and oxygen atoms in total. The Morgan fingerprint density at radius 3 is 0.805 bits per heavy atom. The van der Waals surface area contributed by atoms with Crippen molar-refractivity contribution in [3.63, 3.8) is 0 Å². The molecule has 7 rings (SSSR count). The van der Waals surface area contributed by atoms with Crippen molar-refractivity contribution in [2.24, 2.45) is 0 Å². The Morgan fingerprint density at radius 1 is 0.299 bits per heavy atom. The molecule has 0 atom stereocenters. The standard InChI is InChI=1S/C32H12BF24.C25H29O4Se/c34-25(35,36)13-1-14(26(37,38)39)6-21(5-13)33(22-7-15(27(40,41)42)2-16(8-22)28(43,44)45,23-9-17(29(46,47)48)3-18(10-23)30(49,50)51)24-11-19(31(52,53)54)4-20(12-24)32(55,56)57;1-26-16-17-27-18-19-28-20-21-29-24-14-8-9-15-25(24)30(22-10-4-2-5-11-22)23-12-6-3-7-13-23/h1-12H;2-15H,16-21H2,1H3/q-1;+1. The number of hydrogen-bond acceptors (Lipinski definition) is 4. The molecule has 0 radical (unpaired) electrons. The number of benzene rings is 7. The van der Waals surface area contributed by atoms with Crippen molar-refractivity contribution in [2.45, 2.75) is 49.4 Å². The molecule has 0 aromatic heterocycles. The molecule has 7 aromatic carbocycles. The van der Waals surface area contributed by atoms with Crippen LogP contribution >= 0.6 is 0 Å². The van der Waals surface area contributed by atoms with Crippen LogP contribution < -0.4 is 40.0 Å². The van der Waals surface area contributed by atoms with E-state index in [0.29, 0.717) is 39.6 Å². The van der Waals surface area contributed by atoms with Gasteiger partial charge in [-0.3, -0.25) is 0 Å². The third-order valence-corrected chi connectivity index (χ3v) is 17.5. The molecular weight excluding hydrogens is 1290 g/mol. The molecule has 30 heteroatoms. The molecule has 0 aliphatic carbocycles. The van der Waals surface area contributed by atoms with E-state index in [1.165, 1.54) is 13.4 Å². The van der Waals surface area contributed by atoms with E-state index in [9.17, 15) is 105 Å². The molecular formula is C57H41BF24O4Se. The maximum absolute atomic E-state index is 14.2. The smallest absolute Gasteiger partial charge is 0.194 e. The van der Waals surface area contributed by atoms with Crippen molar-refractivity contribution in [3.8, 4) is 5.75 Å². The molecule has 470 valence electrons. The normalized spacial score (nSPS) is 13.2. The van der Waals surface area contributed by atoms with Crippen molar-refractivity contribution >= 4 is 55.3 Å². The first-order valence-corrected chi connectivity index (χ1v) is 27.3. The van der Waals surface area contributed by atoms with Crippen molar-refractivity contribution in [1.82, 2.24) is 0 Å². The van der Waals surface area contributed by atoms with E-state index >= 15 is 0 Å². The van der Waals surface area contributed by atoms with Crippen molar-refractivity contribution in [2.75, 3.05) is 46.8 Å². The zero-order valence-electron chi connectivity index (χ0n) is 43.9. The summed E-state index contributed by atoms with van der Waals surface area (Å²) in [4.78, 5) is 0. The van der Waals surface area contributed by atoms with Crippen LogP contribution in [0.15, 0.2) is 158 Å². The first-order valence-electron chi connectivity index (χ1n) is 24.7. The van der Waals surface area contributed by atoms with Gasteiger partial charge in [-0.05, 0) is 24.3 Å². The van der Waals surface area contributed by atoms with E-state index < -0.39 is 209 Å². The zero-order chi connectivity index (χ0) is 64.8. The Labute approximate surface area is 482 Å². The number of halogens is 24. The summed E-state index contributed by atoms with van der Waals surface area (Å²) >= 11 is -1.45. The summed E-state index contributed by atoms with van der Waals surface area (Å²) in [6, 6.07) is 21.0. The minimum atomic E-state index is -6.13. The van der Waals surface area contributed by atoms with Gasteiger partial charge in [0.1, 0.15) is 6.15 Å². The largest absolute Gasteiger partial charge is 0.416 e. The van der Waals surface area contributed by atoms with Crippen LogP contribution in [0.5, 0.6) is 5.75 Å². The van der Waals surface area contributed by atoms with Crippen molar-refractivity contribution in [1.29, 1.82) is 0 Å². The van der Waals surface area contributed by atoms with Crippen molar-refractivity contribution < 1.29 is 124 Å². The van der Waals surface area contributed by atoms with Crippen LogP contribution in [0.3, 0.4) is 0 Å². The molecule has 0 aliphatic rings. The Bertz CT molecular complexity index is 2930. The molecule has 0 bridgehead atoms. The summed E-state index contributed by atoms with van der Waals surface area (Å²) in [5.74, 6) is 0.940. The first-order chi connectivity index (χ1) is 40.2. The number of hydrogen-bond donors (Lipinski definition) is 0. The fraction of sp³-hybridized carbons (Fsp3) is 0.263. The summed E-state index contributed by atoms with van der Waals surface area (Å²) in [5, 5.41) is 0. The van der Waals surface area contributed by atoms with Crippen LogP contribution in [0.4, 0.5) is 105 Å². The average molecular weight is 1340 g/mol. The fourth-order valence-corrected chi connectivity index (χ4v) is 13.6. The Balaban J connectivity index is 0.000000337. The number of rotatable bonds is 17. The predicted octanol–water partition coefficient (Wildman–Crippen LogP) is 13.5. The van der Waals surface area contributed by atoms with Gasteiger partial charge in [0.2, 0.25) is 0 Å². The SMILES string of the molecule is COCCOCCOCCOc1ccccc1[Se+](c1ccccc1)c1ccccc1.FC(F)(F)c1cc([B-](c2cc(C(F)(F)F)cc(C(F)(F)F)c2)(c2cc(C(F)(F)F)cc(C(F)(F)F)c2)c2cc(C(F)(F)F)cc(C(F)(F)F)c2)cc(C(F)(F)F)c1. The van der Waals surface area contributed by atoms with Gasteiger partial charge < -0.3 is 0 Å².